The lowest BCUT2D eigenvalue weighted by Crippen LogP contribution is -2.18. The lowest BCUT2D eigenvalue weighted by molar-refractivity contribution is 0.522. The van der Waals surface area contributed by atoms with Crippen LogP contribution in [0.25, 0.3) is 0 Å². The van der Waals surface area contributed by atoms with Crippen LogP contribution in [0.5, 0.6) is 0 Å². The molecule has 1 aromatic carbocycles. The van der Waals surface area contributed by atoms with Crippen molar-refractivity contribution in [2.24, 2.45) is 0 Å². The molecule has 2 aromatic rings. The van der Waals surface area contributed by atoms with Crippen molar-refractivity contribution in [3.63, 3.8) is 0 Å². The van der Waals surface area contributed by atoms with Crippen LogP contribution in [-0.4, -0.2) is 0 Å². The second-order valence-corrected chi connectivity index (χ2v) is 3.76. The monoisotopic (exact) mass is 219 g/mol. The van der Waals surface area contributed by atoms with Crippen LogP contribution in [0.1, 0.15) is 24.1 Å². The Morgan fingerprint density at radius 2 is 2.12 bits per heavy atom. The van der Waals surface area contributed by atoms with Crippen molar-refractivity contribution in [2.45, 2.75) is 19.5 Å². The largest absolute Gasteiger partial charge is 0.472 e. The van der Waals surface area contributed by atoms with Gasteiger partial charge in [-0.25, -0.2) is 4.39 Å². The summed E-state index contributed by atoms with van der Waals surface area (Å²) in [5.41, 5.74) is 1.74. The normalized spacial score (nSPS) is 12.6. The smallest absolute Gasteiger partial charge is 0.127 e. The van der Waals surface area contributed by atoms with Crippen LogP contribution >= 0.6 is 0 Å². The molecule has 0 amide bonds. The highest BCUT2D eigenvalue weighted by Gasteiger charge is 2.09. The summed E-state index contributed by atoms with van der Waals surface area (Å²) in [4.78, 5) is 0. The first-order valence-electron chi connectivity index (χ1n) is 5.26. The molecule has 16 heavy (non-hydrogen) atoms. The van der Waals surface area contributed by atoms with E-state index in [0.29, 0.717) is 12.1 Å². The van der Waals surface area contributed by atoms with Gasteiger partial charge in [0.2, 0.25) is 0 Å². The maximum absolute atomic E-state index is 13.4. The molecule has 1 N–H and O–H groups in total. The fraction of sp³-hybridized carbons (Fsp3) is 0.231. The summed E-state index contributed by atoms with van der Waals surface area (Å²) in [6.07, 6.45) is 3.31. The molecule has 0 aliphatic carbocycles. The first kappa shape index (κ1) is 10.9. The van der Waals surface area contributed by atoms with Gasteiger partial charge < -0.3 is 9.73 Å². The summed E-state index contributed by atoms with van der Waals surface area (Å²) in [7, 11) is 0. The van der Waals surface area contributed by atoms with Crippen LogP contribution in [0.3, 0.4) is 0 Å². The van der Waals surface area contributed by atoms with Crippen LogP contribution < -0.4 is 5.32 Å². The second-order valence-electron chi connectivity index (χ2n) is 3.76. The molecule has 0 spiro atoms. The number of benzene rings is 1. The van der Waals surface area contributed by atoms with E-state index in [1.54, 1.807) is 24.7 Å². The van der Waals surface area contributed by atoms with Gasteiger partial charge in [0.25, 0.3) is 0 Å². The molecule has 2 rings (SSSR count). The predicted molar refractivity (Wildman–Crippen MR) is 60.4 cm³/mol. The highest BCUT2D eigenvalue weighted by Crippen LogP contribution is 2.16. The zero-order chi connectivity index (χ0) is 11.4. The summed E-state index contributed by atoms with van der Waals surface area (Å²) in [6.45, 7) is 2.62. The van der Waals surface area contributed by atoms with Crippen molar-refractivity contribution < 1.29 is 8.81 Å². The molecule has 0 bridgehead atoms. The molecule has 0 aliphatic heterocycles. The van der Waals surface area contributed by atoms with Gasteiger partial charge in [-0.2, -0.15) is 0 Å². The molecule has 0 saturated carbocycles. The summed E-state index contributed by atoms with van der Waals surface area (Å²) in [6, 6.07) is 8.68. The molecule has 0 aliphatic rings. The van der Waals surface area contributed by atoms with Crippen LogP contribution in [-0.2, 0) is 6.54 Å². The van der Waals surface area contributed by atoms with Gasteiger partial charge in [-0.1, -0.05) is 18.2 Å². The summed E-state index contributed by atoms with van der Waals surface area (Å²) < 4.78 is 18.4. The molecular formula is C13H14FNO. The Balaban J connectivity index is 1.98. The molecule has 1 atom stereocenters. The SMILES string of the molecule is C[C@@H](NCc1ccoc1)c1ccccc1F. The maximum atomic E-state index is 13.4. The topological polar surface area (TPSA) is 25.2 Å². The van der Waals surface area contributed by atoms with Crippen LogP contribution in [0.4, 0.5) is 4.39 Å². The Kier molecular flexibility index (Phi) is 3.37. The van der Waals surface area contributed by atoms with E-state index in [-0.39, 0.29) is 11.9 Å². The highest BCUT2D eigenvalue weighted by molar-refractivity contribution is 5.20. The average Bonchev–Trinajstić information content (AvgIpc) is 2.79. The zero-order valence-corrected chi connectivity index (χ0v) is 9.11. The van der Waals surface area contributed by atoms with Crippen molar-refractivity contribution in [1.82, 2.24) is 5.32 Å². The average molecular weight is 219 g/mol. The molecular weight excluding hydrogens is 205 g/mol. The van der Waals surface area contributed by atoms with Gasteiger partial charge in [0.1, 0.15) is 5.82 Å². The van der Waals surface area contributed by atoms with E-state index in [9.17, 15) is 4.39 Å². The zero-order valence-electron chi connectivity index (χ0n) is 9.11. The quantitative estimate of drug-likeness (QED) is 0.853. The number of halogens is 1. The number of hydrogen-bond acceptors (Lipinski definition) is 2. The first-order valence-corrected chi connectivity index (χ1v) is 5.26. The molecule has 0 radical (unpaired) electrons. The number of rotatable bonds is 4. The number of furan rings is 1. The minimum Gasteiger partial charge on any atom is -0.472 e. The molecule has 1 heterocycles. The van der Waals surface area contributed by atoms with Crippen molar-refractivity contribution in [3.05, 3.63) is 59.8 Å². The van der Waals surface area contributed by atoms with E-state index < -0.39 is 0 Å². The van der Waals surface area contributed by atoms with Crippen molar-refractivity contribution in [1.29, 1.82) is 0 Å². The van der Waals surface area contributed by atoms with Gasteiger partial charge in [-0.15, -0.1) is 0 Å². The molecule has 84 valence electrons. The molecule has 3 heteroatoms. The molecule has 0 fully saturated rings. The first-order chi connectivity index (χ1) is 7.77. The lowest BCUT2D eigenvalue weighted by atomic mass is 10.1. The Morgan fingerprint density at radius 1 is 1.31 bits per heavy atom. The van der Waals surface area contributed by atoms with Gasteiger partial charge >= 0.3 is 0 Å². The molecule has 0 unspecified atom stereocenters. The lowest BCUT2D eigenvalue weighted by Gasteiger charge is -2.14. The van der Waals surface area contributed by atoms with E-state index in [1.807, 2.05) is 19.1 Å². The standard InChI is InChI=1S/C13H14FNO/c1-10(12-4-2-3-5-13(12)14)15-8-11-6-7-16-9-11/h2-7,9-10,15H,8H2,1H3/t10-/m1/s1. The van der Waals surface area contributed by atoms with Crippen LogP contribution in [0.15, 0.2) is 47.3 Å². The molecule has 2 nitrogen and oxygen atoms in total. The summed E-state index contributed by atoms with van der Waals surface area (Å²) >= 11 is 0. The minimum absolute atomic E-state index is 0.0175. The van der Waals surface area contributed by atoms with E-state index in [4.69, 9.17) is 4.42 Å². The maximum Gasteiger partial charge on any atom is 0.127 e. The van der Waals surface area contributed by atoms with E-state index in [0.717, 1.165) is 5.56 Å². The van der Waals surface area contributed by atoms with Crippen molar-refractivity contribution in [2.75, 3.05) is 0 Å². The van der Waals surface area contributed by atoms with Gasteiger partial charge in [0.15, 0.2) is 0 Å². The third kappa shape index (κ3) is 2.49. The highest BCUT2D eigenvalue weighted by atomic mass is 19.1. The minimum atomic E-state index is -0.172. The van der Waals surface area contributed by atoms with Crippen molar-refractivity contribution >= 4 is 0 Å². The molecule has 1 aromatic heterocycles. The summed E-state index contributed by atoms with van der Waals surface area (Å²) in [5.74, 6) is -0.172. The van der Waals surface area contributed by atoms with E-state index in [1.165, 1.54) is 6.07 Å². The number of nitrogens with one attached hydrogen (secondary N) is 1. The van der Waals surface area contributed by atoms with Gasteiger partial charge in [-0.05, 0) is 19.1 Å². The van der Waals surface area contributed by atoms with Crippen LogP contribution in [0, 0.1) is 5.82 Å². The van der Waals surface area contributed by atoms with E-state index >= 15 is 0 Å². The van der Waals surface area contributed by atoms with Crippen LogP contribution in [0.2, 0.25) is 0 Å². The van der Waals surface area contributed by atoms with Crippen molar-refractivity contribution in [3.8, 4) is 0 Å². The van der Waals surface area contributed by atoms with E-state index in [2.05, 4.69) is 5.32 Å². The Morgan fingerprint density at radius 3 is 2.81 bits per heavy atom. The summed E-state index contributed by atoms with van der Waals surface area (Å²) in [5, 5.41) is 3.24. The van der Waals surface area contributed by atoms with Gasteiger partial charge in [0.05, 0.1) is 12.5 Å². The number of hydrogen-bond donors (Lipinski definition) is 1. The third-order valence-electron chi connectivity index (χ3n) is 2.56. The third-order valence-corrected chi connectivity index (χ3v) is 2.56. The Bertz CT molecular complexity index is 439. The fourth-order valence-electron chi connectivity index (χ4n) is 1.60. The fourth-order valence-corrected chi connectivity index (χ4v) is 1.60. The molecule has 0 saturated heterocycles. The Labute approximate surface area is 94.1 Å². The second kappa shape index (κ2) is 4.94. The Hall–Kier alpha value is -1.61. The predicted octanol–water partition coefficient (Wildman–Crippen LogP) is 3.27. The van der Waals surface area contributed by atoms with Gasteiger partial charge in [-0.3, -0.25) is 0 Å². The van der Waals surface area contributed by atoms with Gasteiger partial charge in [0, 0.05) is 23.7 Å².